The van der Waals surface area contributed by atoms with Crippen LogP contribution in [-0.4, -0.2) is 26.1 Å². The van der Waals surface area contributed by atoms with Gasteiger partial charge in [0.2, 0.25) is 10.0 Å². The zero-order valence-corrected chi connectivity index (χ0v) is 14.9. The van der Waals surface area contributed by atoms with E-state index in [4.69, 9.17) is 5.14 Å². The number of Topliss-reactive ketones (excluding diaryl/α,β-unsaturated/α-hetero) is 1. The molecule has 0 radical (unpaired) electrons. The highest BCUT2D eigenvalue weighted by Crippen LogP contribution is 2.22. The monoisotopic (exact) mass is 399 g/mol. The first-order chi connectivity index (χ1) is 12.5. The fourth-order valence-corrected chi connectivity index (χ4v) is 2.56. The lowest BCUT2D eigenvalue weighted by atomic mass is 10.0. The van der Waals surface area contributed by atoms with Crippen LogP contribution in [0, 0.1) is 6.92 Å². The zero-order chi connectivity index (χ0) is 20.2. The zero-order valence-electron chi connectivity index (χ0n) is 14.1. The summed E-state index contributed by atoms with van der Waals surface area (Å²) in [6.07, 6.45) is -5.75. The number of alkyl halides is 3. The molecule has 0 fully saturated rings. The number of nitrogens with one attached hydrogen (secondary N) is 1. The highest BCUT2D eigenvalue weighted by atomic mass is 32.2. The van der Waals surface area contributed by atoms with Gasteiger partial charge in [0, 0.05) is 5.56 Å². The second-order valence-electron chi connectivity index (χ2n) is 5.70. The summed E-state index contributed by atoms with van der Waals surface area (Å²) >= 11 is 0. The number of carbonyl (C=O) groups is 1. The molecule has 27 heavy (non-hydrogen) atoms. The highest BCUT2D eigenvalue weighted by molar-refractivity contribution is 7.89. The van der Waals surface area contributed by atoms with Crippen molar-refractivity contribution in [3.8, 4) is 0 Å². The minimum absolute atomic E-state index is 0.104. The molecule has 0 saturated carbocycles. The predicted octanol–water partition coefficient (Wildman–Crippen LogP) is 3.25. The standard InChI is InChI=1S/C17H16F3N3O3S/c1-11-2-4-12(5-3-11)15(24)10-16(17(18,19)20)23-22-13-6-8-14(9-7-13)27(21,25)26/h2-9,22H,10H2,1H3,(H2,21,25,26). The van der Waals surface area contributed by atoms with Crippen molar-refractivity contribution in [3.63, 3.8) is 0 Å². The molecular weight excluding hydrogens is 383 g/mol. The molecule has 0 amide bonds. The second kappa shape index (κ2) is 7.89. The van der Waals surface area contributed by atoms with Crippen molar-refractivity contribution in [2.75, 3.05) is 5.43 Å². The third kappa shape index (κ3) is 5.90. The Kier molecular flexibility index (Phi) is 6.01. The molecule has 6 nitrogen and oxygen atoms in total. The molecule has 0 aliphatic carbocycles. The number of sulfonamides is 1. The average molecular weight is 399 g/mol. The maximum atomic E-state index is 13.2. The Morgan fingerprint density at radius 3 is 2.11 bits per heavy atom. The SMILES string of the molecule is Cc1ccc(C(=O)CC(=NNc2ccc(S(N)(=O)=O)cc2)C(F)(F)F)cc1. The Balaban J connectivity index is 2.18. The molecular formula is C17H16F3N3O3S. The van der Waals surface area contributed by atoms with Crippen LogP contribution in [0.15, 0.2) is 58.5 Å². The summed E-state index contributed by atoms with van der Waals surface area (Å²) in [6, 6.07) is 10.8. The normalized spacial score (nSPS) is 12.7. The van der Waals surface area contributed by atoms with Gasteiger partial charge in [-0.3, -0.25) is 10.2 Å². The van der Waals surface area contributed by atoms with Crippen LogP contribution in [0.4, 0.5) is 18.9 Å². The Hall–Kier alpha value is -2.72. The van der Waals surface area contributed by atoms with E-state index in [1.54, 1.807) is 19.1 Å². The van der Waals surface area contributed by atoms with Crippen LogP contribution in [0.3, 0.4) is 0 Å². The van der Waals surface area contributed by atoms with Crippen LogP contribution in [0.5, 0.6) is 0 Å². The van der Waals surface area contributed by atoms with Gasteiger partial charge in [-0.1, -0.05) is 29.8 Å². The van der Waals surface area contributed by atoms with E-state index in [-0.39, 0.29) is 16.1 Å². The number of nitrogens with zero attached hydrogens (tertiary/aromatic N) is 1. The molecule has 2 aromatic carbocycles. The number of anilines is 1. The van der Waals surface area contributed by atoms with E-state index in [9.17, 15) is 26.4 Å². The molecule has 0 aromatic heterocycles. The van der Waals surface area contributed by atoms with Crippen LogP contribution in [0.25, 0.3) is 0 Å². The van der Waals surface area contributed by atoms with Crippen LogP contribution < -0.4 is 10.6 Å². The van der Waals surface area contributed by atoms with Crippen molar-refractivity contribution in [3.05, 3.63) is 59.7 Å². The summed E-state index contributed by atoms with van der Waals surface area (Å²) in [5.41, 5.74) is 2.00. The molecule has 0 heterocycles. The van der Waals surface area contributed by atoms with Gasteiger partial charge in [-0.25, -0.2) is 13.6 Å². The first-order valence-corrected chi connectivity index (χ1v) is 9.14. The lowest BCUT2D eigenvalue weighted by Gasteiger charge is -2.11. The van der Waals surface area contributed by atoms with E-state index >= 15 is 0 Å². The Labute approximate surface area is 153 Å². The third-order valence-corrected chi connectivity index (χ3v) is 4.46. The molecule has 0 unspecified atom stereocenters. The molecule has 0 aliphatic heterocycles. The lowest BCUT2D eigenvalue weighted by molar-refractivity contribution is -0.0602. The third-order valence-electron chi connectivity index (χ3n) is 3.53. The van der Waals surface area contributed by atoms with E-state index in [1.165, 1.54) is 24.3 Å². The minimum Gasteiger partial charge on any atom is -0.294 e. The summed E-state index contributed by atoms with van der Waals surface area (Å²) in [4.78, 5) is 11.9. The topological polar surface area (TPSA) is 102 Å². The number of benzene rings is 2. The van der Waals surface area contributed by atoms with Crippen molar-refractivity contribution < 1.29 is 26.4 Å². The summed E-state index contributed by atoms with van der Waals surface area (Å²) in [5, 5.41) is 8.22. The molecule has 0 saturated heterocycles. The molecule has 2 rings (SSSR count). The van der Waals surface area contributed by atoms with Gasteiger partial charge in [-0.15, -0.1) is 0 Å². The van der Waals surface area contributed by atoms with Crippen LogP contribution in [0.1, 0.15) is 22.3 Å². The molecule has 144 valence electrons. The molecule has 3 N–H and O–H groups in total. The molecule has 0 bridgehead atoms. The first-order valence-electron chi connectivity index (χ1n) is 7.59. The number of carbonyl (C=O) groups excluding carboxylic acids is 1. The lowest BCUT2D eigenvalue weighted by Crippen LogP contribution is -2.27. The summed E-state index contributed by atoms with van der Waals surface area (Å²) in [5.74, 6) is -0.725. The van der Waals surface area contributed by atoms with Gasteiger partial charge in [0.15, 0.2) is 5.78 Å². The predicted molar refractivity (Wildman–Crippen MR) is 95.1 cm³/mol. The Bertz CT molecular complexity index is 952. The van der Waals surface area contributed by atoms with Crippen molar-refractivity contribution in [2.45, 2.75) is 24.4 Å². The number of hydrazone groups is 1. The smallest absolute Gasteiger partial charge is 0.294 e. The van der Waals surface area contributed by atoms with Crippen molar-refractivity contribution in [1.82, 2.24) is 0 Å². The van der Waals surface area contributed by atoms with Crippen molar-refractivity contribution >= 4 is 27.2 Å². The number of primary sulfonamides is 1. The van der Waals surface area contributed by atoms with Crippen LogP contribution in [-0.2, 0) is 10.0 Å². The van der Waals surface area contributed by atoms with E-state index in [1.807, 2.05) is 0 Å². The largest absolute Gasteiger partial charge is 0.431 e. The molecule has 10 heteroatoms. The average Bonchev–Trinajstić information content (AvgIpc) is 2.57. The second-order valence-corrected chi connectivity index (χ2v) is 7.26. The van der Waals surface area contributed by atoms with Crippen molar-refractivity contribution in [1.29, 1.82) is 0 Å². The van der Waals surface area contributed by atoms with E-state index in [0.29, 0.717) is 0 Å². The number of halogens is 3. The van der Waals surface area contributed by atoms with Gasteiger partial charge < -0.3 is 0 Å². The fourth-order valence-electron chi connectivity index (χ4n) is 2.05. The number of nitrogens with two attached hydrogens (primary N) is 1. The first kappa shape index (κ1) is 20.6. The Morgan fingerprint density at radius 1 is 1.07 bits per heavy atom. The van der Waals surface area contributed by atoms with Gasteiger partial charge in [-0.05, 0) is 31.2 Å². The molecule has 2 aromatic rings. The van der Waals surface area contributed by atoms with Crippen LogP contribution in [0.2, 0.25) is 0 Å². The minimum atomic E-state index is -4.81. The van der Waals surface area contributed by atoms with Gasteiger partial charge in [-0.2, -0.15) is 18.3 Å². The fraction of sp³-hybridized carbons (Fsp3) is 0.176. The molecule has 0 atom stereocenters. The summed E-state index contributed by atoms with van der Waals surface area (Å²) in [6.45, 7) is 1.79. The van der Waals surface area contributed by atoms with Gasteiger partial charge in [0.1, 0.15) is 5.71 Å². The van der Waals surface area contributed by atoms with E-state index in [2.05, 4.69) is 10.5 Å². The number of hydrogen-bond acceptors (Lipinski definition) is 5. The van der Waals surface area contributed by atoms with Gasteiger partial charge >= 0.3 is 6.18 Å². The summed E-state index contributed by atoms with van der Waals surface area (Å²) < 4.78 is 61.8. The van der Waals surface area contributed by atoms with Gasteiger partial charge in [0.25, 0.3) is 0 Å². The Morgan fingerprint density at radius 2 is 1.63 bits per heavy atom. The van der Waals surface area contributed by atoms with Crippen molar-refractivity contribution in [2.24, 2.45) is 10.2 Å². The number of aryl methyl sites for hydroxylation is 1. The van der Waals surface area contributed by atoms with E-state index < -0.39 is 34.1 Å². The summed E-state index contributed by atoms with van der Waals surface area (Å²) in [7, 11) is -3.91. The quantitative estimate of drug-likeness (QED) is 0.442. The molecule has 0 aliphatic rings. The maximum Gasteiger partial charge on any atom is 0.431 e. The van der Waals surface area contributed by atoms with Crippen LogP contribution >= 0.6 is 0 Å². The number of rotatable bonds is 6. The number of ketones is 1. The highest BCUT2D eigenvalue weighted by Gasteiger charge is 2.37. The molecule has 0 spiro atoms. The number of hydrogen-bond donors (Lipinski definition) is 2. The maximum absolute atomic E-state index is 13.2. The van der Waals surface area contributed by atoms with Gasteiger partial charge in [0.05, 0.1) is 17.0 Å². The van der Waals surface area contributed by atoms with E-state index in [0.717, 1.165) is 17.7 Å².